The summed E-state index contributed by atoms with van der Waals surface area (Å²) in [7, 11) is -3.18. The van der Waals surface area contributed by atoms with E-state index >= 15 is 0 Å². The molecule has 1 amide bonds. The lowest BCUT2D eigenvalue weighted by Crippen LogP contribution is -2.37. The minimum Gasteiger partial charge on any atom is -0.326 e. The fourth-order valence-electron chi connectivity index (χ4n) is 2.35. The van der Waals surface area contributed by atoms with E-state index in [2.05, 4.69) is 5.32 Å². The van der Waals surface area contributed by atoms with Crippen molar-refractivity contribution in [2.45, 2.75) is 39.0 Å². The second kappa shape index (κ2) is 6.93. The van der Waals surface area contributed by atoms with Crippen molar-refractivity contribution in [3.8, 4) is 0 Å². The molecule has 1 heterocycles. The molecule has 116 valence electrons. The highest BCUT2D eigenvalue weighted by Gasteiger charge is 2.25. The third kappa shape index (κ3) is 4.20. The Kier molecular flexibility index (Phi) is 5.22. The Morgan fingerprint density at radius 1 is 1.24 bits per heavy atom. The minimum absolute atomic E-state index is 0.00445. The predicted octanol–water partition coefficient (Wildman–Crippen LogP) is 2.75. The average molecular weight is 310 g/mol. The fraction of sp³-hybridized carbons (Fsp3) is 0.533. The number of carbonyl (C=O) groups excluding carboxylic acids is 1. The number of benzene rings is 1. The zero-order valence-electron chi connectivity index (χ0n) is 12.3. The van der Waals surface area contributed by atoms with E-state index < -0.39 is 10.0 Å². The highest BCUT2D eigenvalue weighted by molar-refractivity contribution is 7.92. The molecule has 2 rings (SSSR count). The Labute approximate surface area is 126 Å². The predicted molar refractivity (Wildman–Crippen MR) is 85.0 cm³/mol. The van der Waals surface area contributed by atoms with E-state index in [1.807, 2.05) is 6.92 Å². The molecule has 0 bridgehead atoms. The number of nitrogens with one attached hydrogen (secondary N) is 1. The van der Waals surface area contributed by atoms with E-state index in [1.165, 1.54) is 4.31 Å². The monoisotopic (exact) mass is 310 g/mol. The normalized spacial score (nSPS) is 17.5. The van der Waals surface area contributed by atoms with Gasteiger partial charge in [0, 0.05) is 18.7 Å². The summed E-state index contributed by atoms with van der Waals surface area (Å²) in [4.78, 5) is 11.6. The zero-order chi connectivity index (χ0) is 15.3. The maximum absolute atomic E-state index is 12.0. The highest BCUT2D eigenvalue weighted by Crippen LogP contribution is 2.24. The Hall–Kier alpha value is -1.56. The van der Waals surface area contributed by atoms with Crippen molar-refractivity contribution >= 4 is 27.3 Å². The van der Waals surface area contributed by atoms with Crippen LogP contribution in [0.25, 0.3) is 0 Å². The van der Waals surface area contributed by atoms with Crippen LogP contribution in [0.2, 0.25) is 0 Å². The van der Waals surface area contributed by atoms with Gasteiger partial charge in [-0.3, -0.25) is 9.10 Å². The van der Waals surface area contributed by atoms with Gasteiger partial charge in [0.2, 0.25) is 15.9 Å². The number of anilines is 2. The fourth-order valence-corrected chi connectivity index (χ4v) is 3.99. The summed E-state index contributed by atoms with van der Waals surface area (Å²) in [5.41, 5.74) is 1.37. The maximum atomic E-state index is 12.0. The molecule has 5 nitrogen and oxygen atoms in total. The lowest BCUT2D eigenvalue weighted by Gasteiger charge is -2.28. The van der Waals surface area contributed by atoms with Crippen molar-refractivity contribution in [3.05, 3.63) is 24.3 Å². The zero-order valence-corrected chi connectivity index (χ0v) is 13.2. The molecule has 0 spiro atoms. The summed E-state index contributed by atoms with van der Waals surface area (Å²) < 4.78 is 25.5. The van der Waals surface area contributed by atoms with Gasteiger partial charge in [-0.1, -0.05) is 13.3 Å². The van der Waals surface area contributed by atoms with Gasteiger partial charge in [-0.05, 0) is 43.5 Å². The summed E-state index contributed by atoms with van der Waals surface area (Å²) in [5.74, 6) is 0.206. The largest absolute Gasteiger partial charge is 0.326 e. The molecule has 1 aliphatic rings. The first-order chi connectivity index (χ1) is 10.0. The van der Waals surface area contributed by atoms with E-state index in [1.54, 1.807) is 24.3 Å². The van der Waals surface area contributed by atoms with Crippen LogP contribution in [0.15, 0.2) is 24.3 Å². The second-order valence-corrected chi connectivity index (χ2v) is 7.31. The van der Waals surface area contributed by atoms with Crippen LogP contribution >= 0.6 is 0 Å². The van der Waals surface area contributed by atoms with Crippen LogP contribution in [-0.2, 0) is 14.8 Å². The summed E-state index contributed by atoms with van der Waals surface area (Å²) in [6, 6.07) is 7.00. The van der Waals surface area contributed by atoms with Gasteiger partial charge >= 0.3 is 0 Å². The first-order valence-corrected chi connectivity index (χ1v) is 9.04. The van der Waals surface area contributed by atoms with Gasteiger partial charge in [0.1, 0.15) is 0 Å². The molecule has 1 fully saturated rings. The van der Waals surface area contributed by atoms with Crippen LogP contribution < -0.4 is 9.62 Å². The third-order valence-electron chi connectivity index (χ3n) is 3.55. The van der Waals surface area contributed by atoms with Gasteiger partial charge in [-0.2, -0.15) is 0 Å². The number of unbranched alkanes of at least 4 members (excludes halogenated alkanes) is 1. The molecular weight excluding hydrogens is 288 g/mol. The van der Waals surface area contributed by atoms with Gasteiger partial charge in [-0.25, -0.2) is 8.42 Å². The molecule has 0 saturated carbocycles. The number of hydrogen-bond donors (Lipinski definition) is 1. The van der Waals surface area contributed by atoms with Crippen molar-refractivity contribution in [1.29, 1.82) is 0 Å². The Bertz CT molecular complexity index is 581. The van der Waals surface area contributed by atoms with Gasteiger partial charge in [0.15, 0.2) is 0 Å². The molecule has 0 aliphatic carbocycles. The van der Waals surface area contributed by atoms with Gasteiger partial charge in [-0.15, -0.1) is 0 Å². The van der Waals surface area contributed by atoms with Crippen LogP contribution in [0.1, 0.15) is 39.0 Å². The number of nitrogens with zero attached hydrogens (tertiary/aromatic N) is 1. The quantitative estimate of drug-likeness (QED) is 0.909. The van der Waals surface area contributed by atoms with Gasteiger partial charge < -0.3 is 5.32 Å². The topological polar surface area (TPSA) is 66.5 Å². The van der Waals surface area contributed by atoms with Crippen molar-refractivity contribution in [2.75, 3.05) is 21.9 Å². The number of carbonyl (C=O) groups is 1. The molecular formula is C15H22N2O3S. The molecule has 0 atom stereocenters. The van der Waals surface area contributed by atoms with Gasteiger partial charge in [0.25, 0.3) is 0 Å². The number of sulfonamides is 1. The third-order valence-corrected chi connectivity index (χ3v) is 5.42. The summed E-state index contributed by atoms with van der Waals surface area (Å²) >= 11 is 0. The standard InChI is InChI=1S/C15H22N2O3S/c1-2-3-6-15(18)16-13-7-9-14(10-8-13)17-11-4-5-12-21(17,19)20/h7-10H,2-6,11-12H2,1H3,(H,16,18). The Balaban J connectivity index is 2.03. The first-order valence-electron chi connectivity index (χ1n) is 7.43. The van der Waals surface area contributed by atoms with E-state index in [0.717, 1.165) is 25.7 Å². The first kappa shape index (κ1) is 15.8. The van der Waals surface area contributed by atoms with Crippen molar-refractivity contribution in [2.24, 2.45) is 0 Å². The molecule has 0 radical (unpaired) electrons. The molecule has 0 unspecified atom stereocenters. The number of amides is 1. The SMILES string of the molecule is CCCCC(=O)Nc1ccc(N2CCCCS2(=O)=O)cc1. The Morgan fingerprint density at radius 2 is 1.95 bits per heavy atom. The summed E-state index contributed by atoms with van der Waals surface area (Å²) in [6.45, 7) is 2.58. The second-order valence-electron chi connectivity index (χ2n) is 5.29. The number of hydrogen-bond acceptors (Lipinski definition) is 3. The summed E-state index contributed by atoms with van der Waals surface area (Å²) in [6.07, 6.45) is 3.98. The van der Waals surface area contributed by atoms with Crippen LogP contribution in [0.4, 0.5) is 11.4 Å². The molecule has 1 aliphatic heterocycles. The van der Waals surface area contributed by atoms with Crippen LogP contribution in [0.5, 0.6) is 0 Å². The molecule has 0 aromatic heterocycles. The van der Waals surface area contributed by atoms with E-state index in [0.29, 0.717) is 24.3 Å². The lowest BCUT2D eigenvalue weighted by molar-refractivity contribution is -0.116. The van der Waals surface area contributed by atoms with E-state index in [9.17, 15) is 13.2 Å². The molecule has 21 heavy (non-hydrogen) atoms. The average Bonchev–Trinajstić information content (AvgIpc) is 2.46. The van der Waals surface area contributed by atoms with E-state index in [4.69, 9.17) is 0 Å². The maximum Gasteiger partial charge on any atom is 0.235 e. The highest BCUT2D eigenvalue weighted by atomic mass is 32.2. The number of rotatable bonds is 5. The van der Waals surface area contributed by atoms with Crippen molar-refractivity contribution < 1.29 is 13.2 Å². The van der Waals surface area contributed by atoms with Crippen LogP contribution in [-0.4, -0.2) is 26.6 Å². The molecule has 1 saturated heterocycles. The van der Waals surface area contributed by atoms with E-state index in [-0.39, 0.29) is 11.7 Å². The Morgan fingerprint density at radius 3 is 2.57 bits per heavy atom. The summed E-state index contributed by atoms with van der Waals surface area (Å²) in [5, 5.41) is 2.82. The molecule has 6 heteroatoms. The molecule has 1 N–H and O–H groups in total. The minimum atomic E-state index is -3.18. The smallest absolute Gasteiger partial charge is 0.235 e. The van der Waals surface area contributed by atoms with Crippen molar-refractivity contribution in [3.63, 3.8) is 0 Å². The van der Waals surface area contributed by atoms with Gasteiger partial charge in [0.05, 0.1) is 11.4 Å². The van der Waals surface area contributed by atoms with Crippen LogP contribution in [0, 0.1) is 0 Å². The van der Waals surface area contributed by atoms with Crippen molar-refractivity contribution in [1.82, 2.24) is 0 Å². The molecule has 1 aromatic rings. The molecule has 1 aromatic carbocycles. The lowest BCUT2D eigenvalue weighted by atomic mass is 10.2. The van der Waals surface area contributed by atoms with Crippen LogP contribution in [0.3, 0.4) is 0 Å².